The van der Waals surface area contributed by atoms with Gasteiger partial charge in [0.2, 0.25) is 5.78 Å². The number of halogens is 3. The quantitative estimate of drug-likeness (QED) is 0.601. The van der Waals surface area contributed by atoms with Gasteiger partial charge in [-0.2, -0.15) is 13.2 Å². The molecule has 6 heteroatoms. The summed E-state index contributed by atoms with van der Waals surface area (Å²) in [4.78, 5) is 21.3. The Morgan fingerprint density at radius 3 is 2.10 bits per heavy atom. The van der Waals surface area contributed by atoms with Crippen LogP contribution >= 0.6 is 0 Å². The summed E-state index contributed by atoms with van der Waals surface area (Å²) in [7, 11) is 0. The molecule has 0 N–H and O–H groups in total. The summed E-state index contributed by atoms with van der Waals surface area (Å²) in [5, 5.41) is 0. The molecule has 3 nitrogen and oxygen atoms in total. The van der Waals surface area contributed by atoms with Gasteiger partial charge in [-0.15, -0.1) is 0 Å². The normalized spacial score (nSPS) is 14.0. The van der Waals surface area contributed by atoms with Crippen molar-refractivity contribution in [3.63, 3.8) is 0 Å². The molecule has 1 atom stereocenters. The van der Waals surface area contributed by atoms with Crippen molar-refractivity contribution < 1.29 is 27.7 Å². The molecular weight excluding hydrogens is 285 g/mol. The van der Waals surface area contributed by atoms with Crippen LogP contribution in [0, 0.1) is 6.92 Å². The van der Waals surface area contributed by atoms with Gasteiger partial charge in [-0.25, -0.2) is 9.78 Å². The fourth-order valence-electron chi connectivity index (χ4n) is 1.48. The summed E-state index contributed by atoms with van der Waals surface area (Å²) in [6.07, 6.45) is -6.80. The van der Waals surface area contributed by atoms with E-state index in [-0.39, 0.29) is 0 Å². The van der Waals surface area contributed by atoms with Crippen LogP contribution in [0.1, 0.15) is 44.4 Å². The topological polar surface area (TPSA) is 35.5 Å². The van der Waals surface area contributed by atoms with Crippen LogP contribution in [0.25, 0.3) is 0 Å². The molecule has 0 saturated heterocycles. The molecule has 0 saturated carbocycles. The van der Waals surface area contributed by atoms with Crippen molar-refractivity contribution >= 4 is 5.78 Å². The molecule has 0 aromatic heterocycles. The van der Waals surface area contributed by atoms with Crippen LogP contribution in [-0.2, 0) is 14.6 Å². The first-order chi connectivity index (χ1) is 9.49. The SMILES string of the molecule is Cc1ccc([C@H](CC(=O)C(F)(F)F)OOC(C)(C)C)cc1. The van der Waals surface area contributed by atoms with Gasteiger partial charge in [0.25, 0.3) is 0 Å². The molecule has 0 aliphatic rings. The highest BCUT2D eigenvalue weighted by atomic mass is 19.4. The maximum absolute atomic E-state index is 12.4. The van der Waals surface area contributed by atoms with Gasteiger partial charge in [0.15, 0.2) is 0 Å². The first-order valence-corrected chi connectivity index (χ1v) is 6.50. The summed E-state index contributed by atoms with van der Waals surface area (Å²) in [5.74, 6) is -1.84. The number of rotatable bonds is 5. The Labute approximate surface area is 122 Å². The monoisotopic (exact) mass is 304 g/mol. The third kappa shape index (κ3) is 6.27. The van der Waals surface area contributed by atoms with Crippen molar-refractivity contribution in [3.8, 4) is 0 Å². The fraction of sp³-hybridized carbons (Fsp3) is 0.533. The van der Waals surface area contributed by atoms with Crippen LogP contribution in [-0.4, -0.2) is 17.6 Å². The summed E-state index contributed by atoms with van der Waals surface area (Å²) in [6.45, 7) is 6.95. The molecule has 0 aliphatic carbocycles. The Balaban J connectivity index is 2.89. The van der Waals surface area contributed by atoms with E-state index in [2.05, 4.69) is 0 Å². The number of ketones is 1. The number of carbonyl (C=O) groups excluding carboxylic acids is 1. The molecule has 0 spiro atoms. The summed E-state index contributed by atoms with van der Waals surface area (Å²) in [5.41, 5.74) is 0.725. The second kappa shape index (κ2) is 6.58. The van der Waals surface area contributed by atoms with E-state index in [1.165, 1.54) is 0 Å². The molecule has 1 aromatic carbocycles. The Morgan fingerprint density at radius 1 is 1.14 bits per heavy atom. The average Bonchev–Trinajstić information content (AvgIpc) is 2.33. The van der Waals surface area contributed by atoms with Gasteiger partial charge in [0.1, 0.15) is 6.10 Å². The maximum atomic E-state index is 12.4. The van der Waals surface area contributed by atoms with E-state index in [4.69, 9.17) is 9.78 Å². The van der Waals surface area contributed by atoms with E-state index in [1.54, 1.807) is 45.0 Å². The third-order valence-corrected chi connectivity index (χ3v) is 2.55. The first-order valence-electron chi connectivity index (χ1n) is 6.50. The van der Waals surface area contributed by atoms with Crippen LogP contribution in [0.2, 0.25) is 0 Å². The van der Waals surface area contributed by atoms with E-state index in [0.717, 1.165) is 5.56 Å². The zero-order chi connectivity index (χ0) is 16.3. The standard InChI is InChI=1S/C15H19F3O3/c1-10-5-7-11(8-6-10)12(20-21-14(2,3)4)9-13(19)15(16,17)18/h5-8,12H,9H2,1-4H3/t12-/m0/s1. The highest BCUT2D eigenvalue weighted by Gasteiger charge is 2.40. The lowest BCUT2D eigenvalue weighted by atomic mass is 10.0. The van der Waals surface area contributed by atoms with Crippen LogP contribution in [0.5, 0.6) is 0 Å². The van der Waals surface area contributed by atoms with Gasteiger partial charge in [-0.1, -0.05) is 29.8 Å². The number of benzene rings is 1. The van der Waals surface area contributed by atoms with E-state index < -0.39 is 30.1 Å². The predicted octanol–water partition coefficient (Wildman–Crippen LogP) is 4.30. The molecule has 0 radical (unpaired) electrons. The number of Topliss-reactive ketones (excluding diaryl/α,β-unsaturated/α-hetero) is 1. The van der Waals surface area contributed by atoms with Crippen molar-refractivity contribution in [3.05, 3.63) is 35.4 Å². The van der Waals surface area contributed by atoms with Gasteiger partial charge in [0, 0.05) is 6.42 Å². The lowest BCUT2D eigenvalue weighted by Gasteiger charge is -2.23. The Bertz CT molecular complexity index is 472. The molecule has 0 heterocycles. The van der Waals surface area contributed by atoms with E-state index in [1.807, 2.05) is 6.92 Å². The van der Waals surface area contributed by atoms with E-state index in [0.29, 0.717) is 5.56 Å². The van der Waals surface area contributed by atoms with Crippen LogP contribution in [0.15, 0.2) is 24.3 Å². The minimum absolute atomic E-state index is 0.461. The number of carbonyl (C=O) groups is 1. The number of alkyl halides is 3. The first kappa shape index (κ1) is 17.7. The summed E-state index contributed by atoms with van der Waals surface area (Å²) in [6, 6.07) is 6.72. The lowest BCUT2D eigenvalue weighted by Crippen LogP contribution is -2.27. The number of aryl methyl sites for hydroxylation is 1. The van der Waals surface area contributed by atoms with Gasteiger partial charge in [-0.05, 0) is 33.3 Å². The molecule has 1 aromatic rings. The number of hydrogen-bond acceptors (Lipinski definition) is 3. The average molecular weight is 304 g/mol. The lowest BCUT2D eigenvalue weighted by molar-refractivity contribution is -0.376. The van der Waals surface area contributed by atoms with Crippen molar-refractivity contribution in [2.24, 2.45) is 0 Å². The fourth-order valence-corrected chi connectivity index (χ4v) is 1.48. The minimum Gasteiger partial charge on any atom is -0.289 e. The second-order valence-corrected chi connectivity index (χ2v) is 5.82. The van der Waals surface area contributed by atoms with E-state index >= 15 is 0 Å². The molecular formula is C15H19F3O3. The highest BCUT2D eigenvalue weighted by molar-refractivity contribution is 5.84. The predicted molar refractivity (Wildman–Crippen MR) is 71.5 cm³/mol. The highest BCUT2D eigenvalue weighted by Crippen LogP contribution is 2.29. The molecule has 1 rings (SSSR count). The van der Waals surface area contributed by atoms with Gasteiger partial charge >= 0.3 is 6.18 Å². The molecule has 21 heavy (non-hydrogen) atoms. The van der Waals surface area contributed by atoms with Crippen molar-refractivity contribution in [1.82, 2.24) is 0 Å². The van der Waals surface area contributed by atoms with Crippen molar-refractivity contribution in [2.75, 3.05) is 0 Å². The Kier molecular flexibility index (Phi) is 5.53. The molecule has 0 unspecified atom stereocenters. The molecule has 118 valence electrons. The molecule has 0 aliphatic heterocycles. The number of hydrogen-bond donors (Lipinski definition) is 0. The Hall–Kier alpha value is -1.40. The van der Waals surface area contributed by atoms with Gasteiger partial charge in [-0.3, -0.25) is 4.79 Å². The van der Waals surface area contributed by atoms with Crippen LogP contribution in [0.4, 0.5) is 13.2 Å². The van der Waals surface area contributed by atoms with Gasteiger partial charge in [0.05, 0.1) is 5.60 Å². The molecule has 0 fully saturated rings. The third-order valence-electron chi connectivity index (χ3n) is 2.55. The smallest absolute Gasteiger partial charge is 0.289 e. The van der Waals surface area contributed by atoms with Crippen molar-refractivity contribution in [2.45, 2.75) is 52.0 Å². The second-order valence-electron chi connectivity index (χ2n) is 5.82. The van der Waals surface area contributed by atoms with E-state index in [9.17, 15) is 18.0 Å². The Morgan fingerprint density at radius 2 is 1.67 bits per heavy atom. The largest absolute Gasteiger partial charge is 0.450 e. The summed E-state index contributed by atoms with van der Waals surface area (Å²) >= 11 is 0. The zero-order valence-corrected chi connectivity index (χ0v) is 12.5. The zero-order valence-electron chi connectivity index (χ0n) is 12.5. The van der Waals surface area contributed by atoms with Crippen LogP contribution in [0.3, 0.4) is 0 Å². The summed E-state index contributed by atoms with van der Waals surface area (Å²) < 4.78 is 37.3. The molecule has 0 amide bonds. The molecule has 0 bridgehead atoms. The van der Waals surface area contributed by atoms with Crippen molar-refractivity contribution in [1.29, 1.82) is 0 Å². The van der Waals surface area contributed by atoms with Crippen LogP contribution < -0.4 is 0 Å². The van der Waals surface area contributed by atoms with Gasteiger partial charge < -0.3 is 0 Å². The maximum Gasteiger partial charge on any atom is 0.450 e. The minimum atomic E-state index is -4.88.